The van der Waals surface area contributed by atoms with Crippen molar-refractivity contribution in [2.75, 3.05) is 0 Å². The first-order chi connectivity index (χ1) is 7.54. The third-order valence-electron chi connectivity index (χ3n) is 2.35. The number of ketones is 1. The molecule has 0 amide bonds. The first-order valence-electron chi connectivity index (χ1n) is 5.30. The van der Waals surface area contributed by atoms with Crippen LogP contribution in [0.1, 0.15) is 30.9 Å². The second-order valence-electron chi connectivity index (χ2n) is 3.85. The van der Waals surface area contributed by atoms with E-state index in [9.17, 15) is 14.9 Å². The molecule has 1 aromatic rings. The summed E-state index contributed by atoms with van der Waals surface area (Å²) < 4.78 is 0. The molecule has 0 unspecified atom stereocenters. The van der Waals surface area contributed by atoms with Gasteiger partial charge in [-0.2, -0.15) is 0 Å². The molecule has 4 nitrogen and oxygen atoms in total. The predicted octanol–water partition coefficient (Wildman–Crippen LogP) is 2.81. The fraction of sp³-hybridized carbons (Fsp3) is 0.417. The number of carbonyl (C=O) groups is 1. The normalized spacial score (nSPS) is 10.1. The van der Waals surface area contributed by atoms with E-state index in [0.717, 1.165) is 12.0 Å². The monoisotopic (exact) mass is 221 g/mol. The van der Waals surface area contributed by atoms with Crippen molar-refractivity contribution in [3.63, 3.8) is 0 Å². The Kier molecular flexibility index (Phi) is 4.17. The molecule has 1 rings (SSSR count). The van der Waals surface area contributed by atoms with Crippen molar-refractivity contribution in [1.29, 1.82) is 0 Å². The third kappa shape index (κ3) is 3.15. The summed E-state index contributed by atoms with van der Waals surface area (Å²) in [5.74, 6) is 0.0504. The summed E-state index contributed by atoms with van der Waals surface area (Å²) in [6, 6.07) is 4.97. The van der Waals surface area contributed by atoms with Crippen LogP contribution in [0.3, 0.4) is 0 Å². The highest BCUT2D eigenvalue weighted by molar-refractivity contribution is 5.81. The van der Waals surface area contributed by atoms with E-state index in [-0.39, 0.29) is 17.9 Å². The number of nitro groups is 1. The lowest BCUT2D eigenvalue weighted by Crippen LogP contribution is -2.05. The molecule has 0 N–H and O–H groups in total. The van der Waals surface area contributed by atoms with Crippen LogP contribution < -0.4 is 0 Å². The van der Waals surface area contributed by atoms with Crippen LogP contribution in [0.2, 0.25) is 0 Å². The van der Waals surface area contributed by atoms with Crippen LogP contribution >= 0.6 is 0 Å². The first-order valence-corrected chi connectivity index (χ1v) is 5.30. The molecule has 1 aromatic carbocycles. The molecule has 0 radical (unpaired) electrons. The largest absolute Gasteiger partial charge is 0.299 e. The van der Waals surface area contributed by atoms with Crippen LogP contribution in [0, 0.1) is 17.0 Å². The number of nitrogens with zero attached hydrogens (tertiary/aromatic N) is 1. The van der Waals surface area contributed by atoms with Crippen molar-refractivity contribution >= 4 is 11.5 Å². The van der Waals surface area contributed by atoms with Crippen molar-refractivity contribution in [1.82, 2.24) is 0 Å². The van der Waals surface area contributed by atoms with Gasteiger partial charge in [0.1, 0.15) is 5.78 Å². The minimum atomic E-state index is -0.429. The summed E-state index contributed by atoms with van der Waals surface area (Å²) in [5, 5.41) is 10.8. The molecule has 0 bridgehead atoms. The van der Waals surface area contributed by atoms with E-state index in [1.165, 1.54) is 6.07 Å². The molecule has 0 aliphatic carbocycles. The Morgan fingerprint density at radius 3 is 2.69 bits per heavy atom. The van der Waals surface area contributed by atoms with Crippen molar-refractivity contribution in [2.24, 2.45) is 0 Å². The van der Waals surface area contributed by atoms with E-state index in [2.05, 4.69) is 0 Å². The second kappa shape index (κ2) is 5.39. The summed E-state index contributed by atoms with van der Waals surface area (Å²) >= 11 is 0. The molecule has 0 atom stereocenters. The van der Waals surface area contributed by atoms with Gasteiger partial charge in [-0.15, -0.1) is 0 Å². The smallest absolute Gasteiger partial charge is 0.273 e. The number of rotatable bonds is 5. The van der Waals surface area contributed by atoms with Gasteiger partial charge in [0.25, 0.3) is 5.69 Å². The number of hydrogen-bond acceptors (Lipinski definition) is 3. The topological polar surface area (TPSA) is 60.2 Å². The number of aryl methyl sites for hydroxylation is 1. The molecule has 0 aromatic heterocycles. The Labute approximate surface area is 94.4 Å². The maximum Gasteiger partial charge on any atom is 0.273 e. The van der Waals surface area contributed by atoms with Gasteiger partial charge >= 0.3 is 0 Å². The lowest BCUT2D eigenvalue weighted by atomic mass is 10.0. The van der Waals surface area contributed by atoms with E-state index < -0.39 is 4.92 Å². The molecule has 0 aliphatic heterocycles. The van der Waals surface area contributed by atoms with Crippen LogP contribution in [0.4, 0.5) is 5.69 Å². The molecule has 0 heterocycles. The van der Waals surface area contributed by atoms with E-state index >= 15 is 0 Å². The first kappa shape index (κ1) is 12.4. The highest BCUT2D eigenvalue weighted by Gasteiger charge is 2.15. The highest BCUT2D eigenvalue weighted by atomic mass is 16.6. The minimum Gasteiger partial charge on any atom is -0.299 e. The summed E-state index contributed by atoms with van der Waals surface area (Å²) in [7, 11) is 0. The van der Waals surface area contributed by atoms with Crippen LogP contribution in [-0.2, 0) is 11.2 Å². The molecule has 0 spiro atoms. The Balaban J connectivity index is 2.95. The maximum atomic E-state index is 11.4. The van der Waals surface area contributed by atoms with E-state index in [4.69, 9.17) is 0 Å². The van der Waals surface area contributed by atoms with Gasteiger partial charge in [-0.25, -0.2) is 0 Å². The molecule has 0 fully saturated rings. The average molecular weight is 221 g/mol. The van der Waals surface area contributed by atoms with Gasteiger partial charge in [0, 0.05) is 24.5 Å². The minimum absolute atomic E-state index is 0.0458. The Morgan fingerprint density at radius 1 is 1.44 bits per heavy atom. The van der Waals surface area contributed by atoms with Crippen LogP contribution in [0.15, 0.2) is 18.2 Å². The fourth-order valence-corrected chi connectivity index (χ4v) is 1.57. The zero-order chi connectivity index (χ0) is 12.1. The molecule has 86 valence electrons. The van der Waals surface area contributed by atoms with Crippen molar-refractivity contribution in [3.8, 4) is 0 Å². The van der Waals surface area contributed by atoms with Gasteiger partial charge in [0.05, 0.1) is 4.92 Å². The number of Topliss-reactive ketones (excluding diaryl/α,β-unsaturated/α-hetero) is 1. The van der Waals surface area contributed by atoms with Crippen molar-refractivity contribution < 1.29 is 9.72 Å². The number of hydrogen-bond donors (Lipinski definition) is 0. The number of benzene rings is 1. The number of nitro benzene ring substituents is 1. The molecule has 0 saturated heterocycles. The summed E-state index contributed by atoms with van der Waals surface area (Å²) in [5.41, 5.74) is 1.39. The van der Waals surface area contributed by atoms with Crippen LogP contribution in [-0.4, -0.2) is 10.7 Å². The second-order valence-corrected chi connectivity index (χ2v) is 3.85. The molecule has 4 heteroatoms. The summed E-state index contributed by atoms with van der Waals surface area (Å²) in [4.78, 5) is 21.8. The van der Waals surface area contributed by atoms with E-state index in [0.29, 0.717) is 12.0 Å². The average Bonchev–Trinajstić information content (AvgIpc) is 2.20. The molecular formula is C12H15NO3. The van der Waals surface area contributed by atoms with Crippen molar-refractivity contribution in [2.45, 2.75) is 33.1 Å². The quantitative estimate of drug-likeness (QED) is 0.567. The standard InChI is InChI=1S/C12H15NO3/c1-3-4-11(14)8-10-6-5-9(2)7-12(10)13(15)16/h5-7H,3-4,8H2,1-2H3. The van der Waals surface area contributed by atoms with Crippen molar-refractivity contribution in [3.05, 3.63) is 39.4 Å². The lowest BCUT2D eigenvalue weighted by molar-refractivity contribution is -0.385. The fourth-order valence-electron chi connectivity index (χ4n) is 1.57. The van der Waals surface area contributed by atoms with Crippen LogP contribution in [0.25, 0.3) is 0 Å². The molecule has 0 saturated carbocycles. The Bertz CT molecular complexity index is 413. The number of carbonyl (C=O) groups excluding carboxylic acids is 1. The maximum absolute atomic E-state index is 11.4. The predicted molar refractivity (Wildman–Crippen MR) is 61.5 cm³/mol. The lowest BCUT2D eigenvalue weighted by Gasteiger charge is -2.03. The molecule has 0 aliphatic rings. The zero-order valence-electron chi connectivity index (χ0n) is 9.53. The van der Waals surface area contributed by atoms with E-state index in [1.807, 2.05) is 6.92 Å². The SMILES string of the molecule is CCCC(=O)Cc1ccc(C)cc1[N+](=O)[O-]. The van der Waals surface area contributed by atoms with Gasteiger partial charge in [-0.1, -0.05) is 19.1 Å². The van der Waals surface area contributed by atoms with Gasteiger partial charge < -0.3 is 0 Å². The van der Waals surface area contributed by atoms with Gasteiger partial charge in [-0.05, 0) is 18.9 Å². The highest BCUT2D eigenvalue weighted by Crippen LogP contribution is 2.21. The Hall–Kier alpha value is -1.71. The van der Waals surface area contributed by atoms with Crippen LogP contribution in [0.5, 0.6) is 0 Å². The Morgan fingerprint density at radius 2 is 2.12 bits per heavy atom. The van der Waals surface area contributed by atoms with E-state index in [1.54, 1.807) is 19.1 Å². The zero-order valence-corrected chi connectivity index (χ0v) is 9.53. The van der Waals surface area contributed by atoms with Gasteiger partial charge in [-0.3, -0.25) is 14.9 Å². The summed E-state index contributed by atoms with van der Waals surface area (Å²) in [6.07, 6.45) is 1.41. The van der Waals surface area contributed by atoms with Gasteiger partial charge in [0.15, 0.2) is 0 Å². The third-order valence-corrected chi connectivity index (χ3v) is 2.35. The molecular weight excluding hydrogens is 206 g/mol. The summed E-state index contributed by atoms with van der Waals surface area (Å²) in [6.45, 7) is 3.71. The van der Waals surface area contributed by atoms with Gasteiger partial charge in [0.2, 0.25) is 0 Å². The molecule has 16 heavy (non-hydrogen) atoms.